The van der Waals surface area contributed by atoms with E-state index in [0.717, 1.165) is 0 Å². The third kappa shape index (κ3) is 3.49. The Bertz CT molecular complexity index is 873. The van der Waals surface area contributed by atoms with Crippen molar-refractivity contribution < 1.29 is 0 Å². The van der Waals surface area contributed by atoms with Gasteiger partial charge in [0.15, 0.2) is 0 Å². The summed E-state index contributed by atoms with van der Waals surface area (Å²) in [7, 11) is 0. The number of anilines is 1. The van der Waals surface area contributed by atoms with Gasteiger partial charge in [-0.1, -0.05) is 65.3 Å². The van der Waals surface area contributed by atoms with E-state index < -0.39 is 0 Å². The fraction of sp³-hybridized carbons (Fsp3) is 0.360. The molecule has 0 fully saturated rings. The number of rotatable bonds is 4. The van der Waals surface area contributed by atoms with Crippen LogP contribution in [0, 0.1) is 20.8 Å². The second-order valence-corrected chi connectivity index (χ2v) is 8.39. The Kier molecular flexibility index (Phi) is 4.84. The normalized spacial score (nSPS) is 17.1. The molecule has 0 saturated carbocycles. The second-order valence-electron chi connectivity index (χ2n) is 8.39. The zero-order chi connectivity index (χ0) is 19.1. The average molecular weight is 346 g/mol. The Morgan fingerprint density at radius 3 is 2.08 bits per heavy atom. The molecule has 0 bridgehead atoms. The van der Waals surface area contributed by atoms with Gasteiger partial charge in [-0.05, 0) is 70.7 Å². The van der Waals surface area contributed by atoms with Crippen molar-refractivity contribution in [3.8, 4) is 0 Å². The molecule has 1 nitrogen and oxygen atoms in total. The van der Waals surface area contributed by atoms with Crippen LogP contribution in [0.1, 0.15) is 61.4 Å². The SMILES string of the molecule is CC1=CC(c2ccccc2C(C)(C)Nc2c(C)cc(C)cc2C)C(C)=C1. The number of nitrogens with one attached hydrogen (secondary N) is 1. The van der Waals surface area contributed by atoms with E-state index in [1.165, 1.54) is 44.7 Å². The molecule has 1 aliphatic rings. The molecule has 136 valence electrons. The third-order valence-electron chi connectivity index (χ3n) is 5.46. The number of allylic oxidation sites excluding steroid dienone is 4. The monoisotopic (exact) mass is 345 g/mol. The van der Waals surface area contributed by atoms with Crippen molar-refractivity contribution in [3.63, 3.8) is 0 Å². The summed E-state index contributed by atoms with van der Waals surface area (Å²) in [6.45, 7) is 15.6. The number of hydrogen-bond donors (Lipinski definition) is 1. The lowest BCUT2D eigenvalue weighted by Crippen LogP contribution is -2.30. The van der Waals surface area contributed by atoms with Gasteiger partial charge < -0.3 is 5.32 Å². The maximum Gasteiger partial charge on any atom is 0.0572 e. The van der Waals surface area contributed by atoms with Crippen LogP contribution >= 0.6 is 0 Å². The molecule has 0 aliphatic heterocycles. The zero-order valence-corrected chi connectivity index (χ0v) is 17.2. The standard InChI is InChI=1S/C25H31N/c1-16-13-19(4)24(20(5)14-16)26-25(6,7)23-11-9-8-10-21(23)22-15-17(2)12-18(22)3/h8-15,22,26H,1-7H3. The van der Waals surface area contributed by atoms with Crippen LogP contribution < -0.4 is 5.32 Å². The van der Waals surface area contributed by atoms with Crippen LogP contribution in [0.15, 0.2) is 59.7 Å². The second kappa shape index (κ2) is 6.79. The van der Waals surface area contributed by atoms with Gasteiger partial charge in [-0.25, -0.2) is 0 Å². The van der Waals surface area contributed by atoms with E-state index in [1.807, 2.05) is 0 Å². The Balaban J connectivity index is 2.03. The van der Waals surface area contributed by atoms with Gasteiger partial charge >= 0.3 is 0 Å². The third-order valence-corrected chi connectivity index (χ3v) is 5.46. The van der Waals surface area contributed by atoms with Crippen LogP contribution in [-0.2, 0) is 5.54 Å². The van der Waals surface area contributed by atoms with Gasteiger partial charge in [-0.2, -0.15) is 0 Å². The molecule has 26 heavy (non-hydrogen) atoms. The summed E-state index contributed by atoms with van der Waals surface area (Å²) in [4.78, 5) is 0. The van der Waals surface area contributed by atoms with Crippen LogP contribution in [0.5, 0.6) is 0 Å². The predicted molar refractivity (Wildman–Crippen MR) is 114 cm³/mol. The smallest absolute Gasteiger partial charge is 0.0572 e. The number of benzene rings is 2. The lowest BCUT2D eigenvalue weighted by atomic mass is 9.82. The number of hydrogen-bond acceptors (Lipinski definition) is 1. The first kappa shape index (κ1) is 18.5. The first-order valence-corrected chi connectivity index (χ1v) is 9.51. The molecule has 0 heterocycles. The van der Waals surface area contributed by atoms with E-state index in [2.05, 4.69) is 102 Å². The summed E-state index contributed by atoms with van der Waals surface area (Å²) >= 11 is 0. The van der Waals surface area contributed by atoms with Crippen molar-refractivity contribution in [3.05, 3.63) is 87.5 Å². The maximum atomic E-state index is 3.85. The molecule has 2 aromatic carbocycles. The predicted octanol–water partition coefficient (Wildman–Crippen LogP) is 6.95. The fourth-order valence-corrected chi connectivity index (χ4v) is 4.32. The summed E-state index contributed by atoms with van der Waals surface area (Å²) in [6, 6.07) is 13.4. The lowest BCUT2D eigenvalue weighted by molar-refractivity contribution is 0.598. The minimum atomic E-state index is -0.161. The van der Waals surface area contributed by atoms with Crippen molar-refractivity contribution in [1.29, 1.82) is 0 Å². The first-order valence-electron chi connectivity index (χ1n) is 9.51. The Labute approximate surface area is 158 Å². The highest BCUT2D eigenvalue weighted by atomic mass is 15.0. The van der Waals surface area contributed by atoms with Crippen molar-refractivity contribution in [1.82, 2.24) is 0 Å². The van der Waals surface area contributed by atoms with Crippen LogP contribution in [0.25, 0.3) is 0 Å². The van der Waals surface area contributed by atoms with E-state index in [4.69, 9.17) is 0 Å². The maximum absolute atomic E-state index is 3.85. The lowest BCUT2D eigenvalue weighted by Gasteiger charge is -2.33. The Hall–Kier alpha value is -2.28. The summed E-state index contributed by atoms with van der Waals surface area (Å²) in [5.41, 5.74) is 10.6. The van der Waals surface area contributed by atoms with Crippen LogP contribution in [0.3, 0.4) is 0 Å². The Morgan fingerprint density at radius 1 is 0.885 bits per heavy atom. The molecule has 1 aliphatic carbocycles. The molecule has 0 saturated heterocycles. The molecular weight excluding hydrogens is 314 g/mol. The summed E-state index contributed by atoms with van der Waals surface area (Å²) in [5.74, 6) is 0.382. The summed E-state index contributed by atoms with van der Waals surface area (Å²) in [5, 5.41) is 3.85. The van der Waals surface area contributed by atoms with E-state index in [1.54, 1.807) is 0 Å². The molecule has 1 atom stereocenters. The molecule has 2 aromatic rings. The van der Waals surface area contributed by atoms with Gasteiger partial charge in [0.1, 0.15) is 0 Å². The van der Waals surface area contributed by atoms with Crippen LogP contribution in [0.2, 0.25) is 0 Å². The quantitative estimate of drug-likeness (QED) is 0.632. The van der Waals surface area contributed by atoms with E-state index >= 15 is 0 Å². The van der Waals surface area contributed by atoms with Crippen molar-refractivity contribution >= 4 is 5.69 Å². The highest BCUT2D eigenvalue weighted by Gasteiger charge is 2.28. The van der Waals surface area contributed by atoms with Gasteiger partial charge in [0, 0.05) is 11.6 Å². The van der Waals surface area contributed by atoms with E-state index in [0.29, 0.717) is 5.92 Å². The highest BCUT2D eigenvalue weighted by Crippen LogP contribution is 2.39. The molecule has 0 aromatic heterocycles. The summed E-state index contributed by atoms with van der Waals surface area (Å²) in [6.07, 6.45) is 4.68. The number of aryl methyl sites for hydroxylation is 3. The molecule has 1 heteroatoms. The molecule has 3 rings (SSSR count). The largest absolute Gasteiger partial charge is 0.376 e. The molecular formula is C25H31N. The van der Waals surface area contributed by atoms with Gasteiger partial charge in [-0.15, -0.1) is 0 Å². The molecule has 0 spiro atoms. The van der Waals surface area contributed by atoms with Gasteiger partial charge in [0.25, 0.3) is 0 Å². The topological polar surface area (TPSA) is 12.0 Å². The van der Waals surface area contributed by atoms with Crippen molar-refractivity contribution in [2.75, 3.05) is 5.32 Å². The Morgan fingerprint density at radius 2 is 1.50 bits per heavy atom. The highest BCUT2D eigenvalue weighted by molar-refractivity contribution is 5.61. The zero-order valence-electron chi connectivity index (χ0n) is 17.2. The first-order chi connectivity index (χ1) is 12.2. The van der Waals surface area contributed by atoms with Crippen molar-refractivity contribution in [2.24, 2.45) is 0 Å². The molecule has 1 unspecified atom stereocenters. The van der Waals surface area contributed by atoms with Crippen LogP contribution in [0.4, 0.5) is 5.69 Å². The van der Waals surface area contributed by atoms with Crippen molar-refractivity contribution in [2.45, 2.75) is 59.9 Å². The average Bonchev–Trinajstić information content (AvgIpc) is 2.89. The van der Waals surface area contributed by atoms with Gasteiger partial charge in [-0.3, -0.25) is 0 Å². The summed E-state index contributed by atoms with van der Waals surface area (Å²) < 4.78 is 0. The van der Waals surface area contributed by atoms with E-state index in [9.17, 15) is 0 Å². The van der Waals surface area contributed by atoms with E-state index in [-0.39, 0.29) is 5.54 Å². The molecule has 0 radical (unpaired) electrons. The minimum Gasteiger partial charge on any atom is -0.376 e. The fourth-order valence-electron chi connectivity index (χ4n) is 4.32. The van der Waals surface area contributed by atoms with Gasteiger partial charge in [0.2, 0.25) is 0 Å². The molecule has 0 amide bonds. The van der Waals surface area contributed by atoms with Gasteiger partial charge in [0.05, 0.1) is 5.54 Å². The minimum absolute atomic E-state index is 0.161. The van der Waals surface area contributed by atoms with Crippen LogP contribution in [-0.4, -0.2) is 0 Å². The molecule has 1 N–H and O–H groups in total.